The maximum atomic E-state index is 12.7. The highest BCUT2D eigenvalue weighted by molar-refractivity contribution is 5.96. The monoisotopic (exact) mass is 456 g/mol. The SMILES string of the molecule is Cc1noc(C)c1-c1ccc2nc([C@@H]3CCC(=O)N3c3cccc(OC(F)(F)F)c3)[nH]c2c1. The molecule has 1 amide bonds. The molecule has 0 saturated carbocycles. The number of nitrogens with one attached hydrogen (secondary N) is 1. The van der Waals surface area contributed by atoms with Gasteiger partial charge in [0, 0.05) is 23.7 Å². The van der Waals surface area contributed by atoms with E-state index < -0.39 is 12.4 Å². The van der Waals surface area contributed by atoms with E-state index in [1.807, 2.05) is 32.0 Å². The van der Waals surface area contributed by atoms with E-state index in [-0.39, 0.29) is 18.1 Å². The Morgan fingerprint density at radius 2 is 2.00 bits per heavy atom. The van der Waals surface area contributed by atoms with E-state index in [1.54, 1.807) is 6.07 Å². The number of aromatic amines is 1. The minimum atomic E-state index is -4.81. The lowest BCUT2D eigenvalue weighted by Gasteiger charge is -2.24. The van der Waals surface area contributed by atoms with Gasteiger partial charge in [-0.2, -0.15) is 0 Å². The lowest BCUT2D eigenvalue weighted by molar-refractivity contribution is -0.274. The fraction of sp³-hybridized carbons (Fsp3) is 0.261. The van der Waals surface area contributed by atoms with Crippen LogP contribution in [0, 0.1) is 13.8 Å². The molecule has 0 spiro atoms. The quantitative estimate of drug-likeness (QED) is 0.432. The molecule has 1 aliphatic heterocycles. The summed E-state index contributed by atoms with van der Waals surface area (Å²) in [6.45, 7) is 3.71. The molecular weight excluding hydrogens is 437 g/mol. The Hall–Kier alpha value is -3.82. The molecule has 0 bridgehead atoms. The zero-order valence-corrected chi connectivity index (χ0v) is 17.7. The van der Waals surface area contributed by atoms with E-state index in [0.29, 0.717) is 29.2 Å². The van der Waals surface area contributed by atoms with Crippen molar-refractivity contribution in [2.24, 2.45) is 0 Å². The van der Waals surface area contributed by atoms with Crippen LogP contribution in [0.25, 0.3) is 22.2 Å². The zero-order chi connectivity index (χ0) is 23.3. The number of aryl methyl sites for hydroxylation is 2. The molecule has 1 atom stereocenters. The van der Waals surface area contributed by atoms with Crippen LogP contribution in [-0.4, -0.2) is 27.4 Å². The van der Waals surface area contributed by atoms with Gasteiger partial charge in [-0.25, -0.2) is 4.98 Å². The highest BCUT2D eigenvalue weighted by atomic mass is 19.4. The number of halogens is 3. The van der Waals surface area contributed by atoms with Crippen molar-refractivity contribution in [2.75, 3.05) is 4.90 Å². The van der Waals surface area contributed by atoms with Crippen molar-refractivity contribution in [3.05, 3.63) is 59.7 Å². The molecule has 7 nitrogen and oxygen atoms in total. The number of carbonyl (C=O) groups is 1. The first-order chi connectivity index (χ1) is 15.7. The highest BCUT2D eigenvalue weighted by Gasteiger charge is 2.36. The Morgan fingerprint density at radius 1 is 1.18 bits per heavy atom. The molecule has 10 heteroatoms. The summed E-state index contributed by atoms with van der Waals surface area (Å²) in [4.78, 5) is 22.1. The number of H-pyrrole nitrogens is 1. The molecule has 0 radical (unpaired) electrons. The highest BCUT2D eigenvalue weighted by Crippen LogP contribution is 2.39. The number of ether oxygens (including phenoxy) is 1. The van der Waals surface area contributed by atoms with Gasteiger partial charge in [-0.05, 0) is 50.1 Å². The van der Waals surface area contributed by atoms with Gasteiger partial charge in [0.15, 0.2) is 0 Å². The Labute approximate surface area is 186 Å². The van der Waals surface area contributed by atoms with Crippen LogP contribution in [0.1, 0.15) is 36.2 Å². The third kappa shape index (κ3) is 3.92. The topological polar surface area (TPSA) is 84.2 Å². The third-order valence-electron chi connectivity index (χ3n) is 5.68. The zero-order valence-electron chi connectivity index (χ0n) is 17.7. The smallest absolute Gasteiger partial charge is 0.406 e. The second kappa shape index (κ2) is 7.65. The van der Waals surface area contributed by atoms with Crippen molar-refractivity contribution in [1.29, 1.82) is 0 Å². The number of fused-ring (bicyclic) bond motifs is 1. The van der Waals surface area contributed by atoms with Crippen LogP contribution in [0.5, 0.6) is 5.75 Å². The van der Waals surface area contributed by atoms with Crippen LogP contribution >= 0.6 is 0 Å². The van der Waals surface area contributed by atoms with Gasteiger partial charge in [0.2, 0.25) is 5.91 Å². The second-order valence-electron chi connectivity index (χ2n) is 7.92. The predicted molar refractivity (Wildman–Crippen MR) is 114 cm³/mol. The molecule has 2 aromatic carbocycles. The number of aromatic nitrogens is 3. The number of alkyl halides is 3. The lowest BCUT2D eigenvalue weighted by Crippen LogP contribution is -2.28. The molecule has 1 aliphatic rings. The maximum Gasteiger partial charge on any atom is 0.573 e. The van der Waals surface area contributed by atoms with Crippen LogP contribution in [0.2, 0.25) is 0 Å². The van der Waals surface area contributed by atoms with E-state index in [0.717, 1.165) is 22.3 Å². The minimum Gasteiger partial charge on any atom is -0.406 e. The van der Waals surface area contributed by atoms with Crippen LogP contribution in [0.4, 0.5) is 18.9 Å². The summed E-state index contributed by atoms with van der Waals surface area (Å²) in [6, 6.07) is 10.7. The predicted octanol–water partition coefficient (Wildman–Crippen LogP) is 5.60. The van der Waals surface area contributed by atoms with E-state index in [4.69, 9.17) is 4.52 Å². The summed E-state index contributed by atoms with van der Waals surface area (Å²) in [5, 5.41) is 4.00. The molecule has 5 rings (SSSR count). The number of nitrogens with zero attached hydrogens (tertiary/aromatic N) is 3. The van der Waals surface area contributed by atoms with Crippen LogP contribution in [0.15, 0.2) is 47.0 Å². The number of hydrogen-bond donors (Lipinski definition) is 1. The molecule has 1 fully saturated rings. The Bertz CT molecular complexity index is 1340. The Kier molecular flexibility index (Phi) is 4.88. The summed E-state index contributed by atoms with van der Waals surface area (Å²) in [7, 11) is 0. The van der Waals surface area contributed by atoms with E-state index in [1.165, 1.54) is 23.1 Å². The molecule has 33 heavy (non-hydrogen) atoms. The number of rotatable bonds is 4. The second-order valence-corrected chi connectivity index (χ2v) is 7.92. The maximum absolute atomic E-state index is 12.7. The average Bonchev–Trinajstić information content (AvgIpc) is 3.42. The molecule has 2 aromatic heterocycles. The first-order valence-electron chi connectivity index (χ1n) is 10.3. The van der Waals surface area contributed by atoms with Crippen molar-refractivity contribution in [2.45, 2.75) is 39.1 Å². The van der Waals surface area contributed by atoms with Gasteiger partial charge in [0.1, 0.15) is 17.3 Å². The summed E-state index contributed by atoms with van der Waals surface area (Å²) in [5.74, 6) is 0.696. The number of anilines is 1. The summed E-state index contributed by atoms with van der Waals surface area (Å²) in [6.07, 6.45) is -4.07. The van der Waals surface area contributed by atoms with Gasteiger partial charge in [0.05, 0.1) is 22.8 Å². The number of carbonyl (C=O) groups excluding carboxylic acids is 1. The number of hydrogen-bond acceptors (Lipinski definition) is 5. The van der Waals surface area contributed by atoms with Crippen LogP contribution in [-0.2, 0) is 4.79 Å². The fourth-order valence-electron chi connectivity index (χ4n) is 4.33. The minimum absolute atomic E-state index is 0.193. The van der Waals surface area contributed by atoms with Crippen LogP contribution in [0.3, 0.4) is 0 Å². The molecule has 170 valence electrons. The summed E-state index contributed by atoms with van der Waals surface area (Å²) < 4.78 is 47.2. The normalized spacial score (nSPS) is 16.7. The number of benzene rings is 2. The van der Waals surface area contributed by atoms with Gasteiger partial charge in [-0.15, -0.1) is 13.2 Å². The molecule has 4 aromatic rings. The van der Waals surface area contributed by atoms with Crippen molar-refractivity contribution < 1.29 is 27.2 Å². The first kappa shape index (κ1) is 21.0. The molecule has 0 aliphatic carbocycles. The standard InChI is InChI=1S/C23H19F3N4O3/c1-12-21(13(2)33-29-12)14-6-7-17-18(10-14)28-22(27-17)19-8-9-20(31)30(19)15-4-3-5-16(11-15)32-23(24,25)26/h3-7,10-11,19H,8-9H2,1-2H3,(H,27,28)/t19-/m0/s1. The van der Waals surface area contributed by atoms with E-state index in [9.17, 15) is 18.0 Å². The number of imidazole rings is 1. The van der Waals surface area contributed by atoms with Crippen molar-refractivity contribution in [1.82, 2.24) is 15.1 Å². The van der Waals surface area contributed by atoms with E-state index in [2.05, 4.69) is 19.9 Å². The van der Waals surface area contributed by atoms with Gasteiger partial charge >= 0.3 is 6.36 Å². The molecular formula is C23H19F3N4O3. The molecule has 3 heterocycles. The summed E-state index contributed by atoms with van der Waals surface area (Å²) >= 11 is 0. The third-order valence-corrected chi connectivity index (χ3v) is 5.68. The lowest BCUT2D eigenvalue weighted by atomic mass is 10.0. The Balaban J connectivity index is 1.50. The fourth-order valence-corrected chi connectivity index (χ4v) is 4.33. The van der Waals surface area contributed by atoms with Crippen LogP contribution < -0.4 is 9.64 Å². The summed E-state index contributed by atoms with van der Waals surface area (Å²) in [5.41, 5.74) is 4.42. The molecule has 1 N–H and O–H groups in total. The average molecular weight is 456 g/mol. The largest absolute Gasteiger partial charge is 0.573 e. The first-order valence-corrected chi connectivity index (χ1v) is 10.3. The Morgan fingerprint density at radius 3 is 2.73 bits per heavy atom. The van der Waals surface area contributed by atoms with Crippen molar-refractivity contribution in [3.63, 3.8) is 0 Å². The number of amides is 1. The van der Waals surface area contributed by atoms with Gasteiger partial charge in [-0.1, -0.05) is 17.3 Å². The van der Waals surface area contributed by atoms with Gasteiger partial charge in [-0.3, -0.25) is 4.79 Å². The van der Waals surface area contributed by atoms with Crippen molar-refractivity contribution in [3.8, 4) is 16.9 Å². The molecule has 1 saturated heterocycles. The van der Waals surface area contributed by atoms with Gasteiger partial charge in [0.25, 0.3) is 0 Å². The van der Waals surface area contributed by atoms with Gasteiger partial charge < -0.3 is 19.1 Å². The molecule has 0 unspecified atom stereocenters. The van der Waals surface area contributed by atoms with E-state index >= 15 is 0 Å². The van der Waals surface area contributed by atoms with Crippen molar-refractivity contribution >= 4 is 22.6 Å².